The number of nitroso groups, excluding NO2 is 1. The molecule has 0 unspecified atom stereocenters. The van der Waals surface area contributed by atoms with Gasteiger partial charge in [-0.25, -0.2) is 0 Å². The van der Waals surface area contributed by atoms with Crippen LogP contribution in [-0.4, -0.2) is 9.78 Å². The van der Waals surface area contributed by atoms with Crippen LogP contribution >= 0.6 is 0 Å². The minimum absolute atomic E-state index is 0.510. The second-order valence-electron chi connectivity index (χ2n) is 3.69. The van der Waals surface area contributed by atoms with Gasteiger partial charge in [0.2, 0.25) is 0 Å². The fraction of sp³-hybridized carbons (Fsp3) is 0.667. The molecule has 72 valence electrons. The normalized spacial score (nSPS) is 10.8. The zero-order chi connectivity index (χ0) is 10.0. The summed E-state index contributed by atoms with van der Waals surface area (Å²) in [4.78, 5) is 10.5. The van der Waals surface area contributed by atoms with Crippen molar-refractivity contribution >= 4 is 5.69 Å². The fourth-order valence-corrected chi connectivity index (χ4v) is 1.43. The van der Waals surface area contributed by atoms with Crippen LogP contribution in [0.25, 0.3) is 0 Å². The van der Waals surface area contributed by atoms with Gasteiger partial charge in [-0.05, 0) is 24.4 Å². The highest BCUT2D eigenvalue weighted by molar-refractivity contribution is 5.46. The Balaban J connectivity index is 3.09. The molecular formula is C9H15N3O. The molecule has 1 heterocycles. The molecule has 0 saturated carbocycles. The highest BCUT2D eigenvalue weighted by Crippen LogP contribution is 2.24. The van der Waals surface area contributed by atoms with Crippen molar-refractivity contribution in [3.63, 3.8) is 0 Å². The monoisotopic (exact) mass is 181 g/mol. The lowest BCUT2D eigenvalue weighted by Crippen LogP contribution is -2.02. The van der Waals surface area contributed by atoms with Crippen molar-refractivity contribution in [1.82, 2.24) is 9.78 Å². The van der Waals surface area contributed by atoms with E-state index in [1.54, 1.807) is 11.6 Å². The van der Waals surface area contributed by atoms with E-state index >= 15 is 0 Å². The van der Waals surface area contributed by atoms with Crippen molar-refractivity contribution in [2.75, 3.05) is 0 Å². The number of aryl methyl sites for hydroxylation is 2. The third-order valence-electron chi connectivity index (χ3n) is 2.00. The molecule has 0 spiro atoms. The van der Waals surface area contributed by atoms with Crippen LogP contribution in [0, 0.1) is 17.7 Å². The first kappa shape index (κ1) is 9.89. The molecule has 0 saturated heterocycles. The average molecular weight is 181 g/mol. The SMILES string of the molecule is Cc1nn(C)c(CC(C)C)c1N=O. The Morgan fingerprint density at radius 1 is 1.54 bits per heavy atom. The van der Waals surface area contributed by atoms with Gasteiger partial charge < -0.3 is 0 Å². The minimum Gasteiger partial charge on any atom is -0.270 e. The molecule has 0 atom stereocenters. The zero-order valence-corrected chi connectivity index (χ0v) is 8.53. The Labute approximate surface area is 77.9 Å². The van der Waals surface area contributed by atoms with E-state index in [2.05, 4.69) is 24.1 Å². The van der Waals surface area contributed by atoms with Gasteiger partial charge in [0, 0.05) is 7.05 Å². The van der Waals surface area contributed by atoms with Crippen LogP contribution in [-0.2, 0) is 13.5 Å². The Morgan fingerprint density at radius 3 is 2.62 bits per heavy atom. The van der Waals surface area contributed by atoms with Crippen LogP contribution in [0.4, 0.5) is 5.69 Å². The standard InChI is InChI=1S/C9H15N3O/c1-6(2)5-8-9(11-13)7(3)10-12(8)4/h6H,5H2,1-4H3. The van der Waals surface area contributed by atoms with Gasteiger partial charge in [0.05, 0.1) is 11.4 Å². The molecule has 0 aliphatic heterocycles. The smallest absolute Gasteiger partial charge is 0.151 e. The third kappa shape index (κ3) is 1.94. The third-order valence-corrected chi connectivity index (χ3v) is 2.00. The lowest BCUT2D eigenvalue weighted by molar-refractivity contribution is 0.595. The zero-order valence-electron chi connectivity index (χ0n) is 8.53. The first-order valence-electron chi connectivity index (χ1n) is 4.42. The van der Waals surface area contributed by atoms with Gasteiger partial charge in [-0.15, -0.1) is 4.91 Å². The molecule has 4 heteroatoms. The molecule has 0 aliphatic carbocycles. The maximum Gasteiger partial charge on any atom is 0.151 e. The molecule has 1 aromatic heterocycles. The van der Waals surface area contributed by atoms with Crippen LogP contribution < -0.4 is 0 Å². The quantitative estimate of drug-likeness (QED) is 0.672. The van der Waals surface area contributed by atoms with Crippen molar-refractivity contribution in [2.45, 2.75) is 27.2 Å². The summed E-state index contributed by atoms with van der Waals surface area (Å²) in [5.74, 6) is 0.510. The second kappa shape index (κ2) is 3.68. The number of hydrogen-bond acceptors (Lipinski definition) is 3. The molecule has 1 aromatic rings. The lowest BCUT2D eigenvalue weighted by Gasteiger charge is -2.04. The van der Waals surface area contributed by atoms with Crippen LogP contribution in [0.1, 0.15) is 25.2 Å². The van der Waals surface area contributed by atoms with Gasteiger partial charge >= 0.3 is 0 Å². The van der Waals surface area contributed by atoms with Crippen LogP contribution in [0.5, 0.6) is 0 Å². The molecular weight excluding hydrogens is 166 g/mol. The van der Waals surface area contributed by atoms with E-state index in [-0.39, 0.29) is 0 Å². The molecule has 0 aromatic carbocycles. The second-order valence-corrected chi connectivity index (χ2v) is 3.69. The summed E-state index contributed by atoms with van der Waals surface area (Å²) in [5, 5.41) is 7.17. The number of rotatable bonds is 3. The molecule has 0 N–H and O–H groups in total. The summed E-state index contributed by atoms with van der Waals surface area (Å²) >= 11 is 0. The predicted molar refractivity (Wildman–Crippen MR) is 51.9 cm³/mol. The first-order valence-corrected chi connectivity index (χ1v) is 4.42. The van der Waals surface area contributed by atoms with Crippen LogP contribution in [0.3, 0.4) is 0 Å². The Morgan fingerprint density at radius 2 is 2.15 bits per heavy atom. The van der Waals surface area contributed by atoms with Crippen molar-refractivity contribution in [3.8, 4) is 0 Å². The van der Waals surface area contributed by atoms with Gasteiger partial charge in [-0.1, -0.05) is 13.8 Å². The molecule has 0 fully saturated rings. The topological polar surface area (TPSA) is 47.2 Å². The molecule has 0 amide bonds. The van der Waals surface area contributed by atoms with Gasteiger partial charge in [-0.3, -0.25) is 4.68 Å². The summed E-state index contributed by atoms with van der Waals surface area (Å²) in [7, 11) is 1.85. The Kier molecular flexibility index (Phi) is 2.80. The maximum absolute atomic E-state index is 10.5. The Bertz CT molecular complexity index is 315. The summed E-state index contributed by atoms with van der Waals surface area (Å²) in [6.07, 6.45) is 0.846. The number of hydrogen-bond donors (Lipinski definition) is 0. The van der Waals surface area contributed by atoms with E-state index in [1.807, 2.05) is 7.05 Å². The van der Waals surface area contributed by atoms with E-state index < -0.39 is 0 Å². The molecule has 0 bridgehead atoms. The van der Waals surface area contributed by atoms with E-state index in [4.69, 9.17) is 0 Å². The Hall–Kier alpha value is -1.19. The van der Waals surface area contributed by atoms with E-state index in [0.717, 1.165) is 12.1 Å². The summed E-state index contributed by atoms with van der Waals surface area (Å²) < 4.78 is 1.74. The highest BCUT2D eigenvalue weighted by Gasteiger charge is 2.14. The summed E-state index contributed by atoms with van der Waals surface area (Å²) in [6.45, 7) is 6.02. The maximum atomic E-state index is 10.5. The van der Waals surface area contributed by atoms with Crippen molar-refractivity contribution < 1.29 is 0 Å². The van der Waals surface area contributed by atoms with Crippen molar-refractivity contribution in [2.24, 2.45) is 18.1 Å². The van der Waals surface area contributed by atoms with Crippen molar-refractivity contribution in [3.05, 3.63) is 16.3 Å². The van der Waals surface area contributed by atoms with E-state index in [1.165, 1.54) is 0 Å². The predicted octanol–water partition coefficient (Wildman–Crippen LogP) is 2.32. The van der Waals surface area contributed by atoms with E-state index in [9.17, 15) is 4.91 Å². The summed E-state index contributed by atoms with van der Waals surface area (Å²) in [6, 6.07) is 0. The van der Waals surface area contributed by atoms with Crippen molar-refractivity contribution in [1.29, 1.82) is 0 Å². The van der Waals surface area contributed by atoms with Gasteiger partial charge in [0.15, 0.2) is 5.69 Å². The first-order chi connectivity index (χ1) is 6.06. The van der Waals surface area contributed by atoms with Gasteiger partial charge in [0.1, 0.15) is 0 Å². The van der Waals surface area contributed by atoms with Gasteiger partial charge in [0.25, 0.3) is 0 Å². The molecule has 13 heavy (non-hydrogen) atoms. The van der Waals surface area contributed by atoms with E-state index in [0.29, 0.717) is 17.3 Å². The molecule has 0 aliphatic rings. The molecule has 0 radical (unpaired) electrons. The lowest BCUT2D eigenvalue weighted by atomic mass is 10.1. The van der Waals surface area contributed by atoms with Crippen LogP contribution in [0.15, 0.2) is 5.18 Å². The highest BCUT2D eigenvalue weighted by atomic mass is 16.3. The number of aromatic nitrogens is 2. The van der Waals surface area contributed by atoms with Crippen LogP contribution in [0.2, 0.25) is 0 Å². The largest absolute Gasteiger partial charge is 0.270 e. The minimum atomic E-state index is 0.510. The van der Waals surface area contributed by atoms with Gasteiger partial charge in [-0.2, -0.15) is 5.10 Å². The molecule has 4 nitrogen and oxygen atoms in total. The average Bonchev–Trinajstić information content (AvgIpc) is 2.26. The summed E-state index contributed by atoms with van der Waals surface area (Å²) in [5.41, 5.74) is 2.16. The fourth-order valence-electron chi connectivity index (χ4n) is 1.43. The number of nitrogens with zero attached hydrogens (tertiary/aromatic N) is 3. The molecule has 1 rings (SSSR count).